The fourth-order valence-corrected chi connectivity index (χ4v) is 4.31. The number of fused-ring (bicyclic) bond motifs is 1. The van der Waals surface area contributed by atoms with Gasteiger partial charge in [-0.25, -0.2) is 9.37 Å². The molecule has 1 aliphatic rings. The first-order valence-electron chi connectivity index (χ1n) is 11.7. The number of nitrogens with zero attached hydrogens (tertiary/aromatic N) is 5. The van der Waals surface area contributed by atoms with E-state index in [0.29, 0.717) is 66.5 Å². The van der Waals surface area contributed by atoms with Gasteiger partial charge in [0.05, 0.1) is 41.5 Å². The number of carbonyl (C=O) groups excluding carboxylic acids is 1. The topological polar surface area (TPSA) is 108 Å². The van der Waals surface area contributed by atoms with Gasteiger partial charge in [-0.05, 0) is 36.4 Å². The van der Waals surface area contributed by atoms with E-state index in [0.717, 1.165) is 5.69 Å². The third-order valence-electron chi connectivity index (χ3n) is 6.10. The second-order valence-corrected chi connectivity index (χ2v) is 8.87. The van der Waals surface area contributed by atoms with E-state index < -0.39 is 5.82 Å². The molecular weight excluding hydrogens is 497 g/mol. The average molecular weight is 520 g/mol. The highest BCUT2D eigenvalue weighted by Crippen LogP contribution is 2.32. The Morgan fingerprint density at radius 1 is 1.16 bits per heavy atom. The van der Waals surface area contributed by atoms with E-state index >= 15 is 0 Å². The van der Waals surface area contributed by atoms with Crippen LogP contribution in [-0.4, -0.2) is 51.6 Å². The molecule has 37 heavy (non-hydrogen) atoms. The van der Waals surface area contributed by atoms with Crippen LogP contribution in [0.25, 0.3) is 10.9 Å². The highest BCUT2D eigenvalue weighted by Gasteiger charge is 2.18. The maximum Gasteiger partial charge on any atom is 0.242 e. The summed E-state index contributed by atoms with van der Waals surface area (Å²) in [7, 11) is 0. The summed E-state index contributed by atoms with van der Waals surface area (Å²) in [6, 6.07) is 12.0. The van der Waals surface area contributed by atoms with Gasteiger partial charge in [-0.15, -0.1) is 0 Å². The number of nitriles is 1. The van der Waals surface area contributed by atoms with E-state index in [9.17, 15) is 14.4 Å². The molecule has 9 nitrogen and oxygen atoms in total. The first-order chi connectivity index (χ1) is 18.0. The normalized spacial score (nSPS) is 13.4. The second kappa shape index (κ2) is 10.8. The van der Waals surface area contributed by atoms with Gasteiger partial charge in [-0.1, -0.05) is 11.6 Å². The lowest BCUT2D eigenvalue weighted by Crippen LogP contribution is -2.42. The summed E-state index contributed by atoms with van der Waals surface area (Å²) in [5.74, 6) is 0.216. The lowest BCUT2D eigenvalue weighted by molar-refractivity contribution is -0.135. The zero-order valence-corrected chi connectivity index (χ0v) is 20.5. The maximum atomic E-state index is 13.6. The van der Waals surface area contributed by atoms with Crippen LogP contribution in [0, 0.1) is 17.1 Å². The third kappa shape index (κ3) is 5.48. The van der Waals surface area contributed by atoms with Crippen molar-refractivity contribution < 1.29 is 13.9 Å². The number of halogens is 2. The SMILES string of the molecule is N#Cc1cnc2ccc(NCc3nccn3CC(=O)N3CCOCC3)cc2c1Nc1ccc(F)c(Cl)c1. The van der Waals surface area contributed by atoms with Gasteiger partial charge in [-0.3, -0.25) is 9.78 Å². The highest BCUT2D eigenvalue weighted by molar-refractivity contribution is 6.31. The first kappa shape index (κ1) is 24.5. The number of benzene rings is 2. The second-order valence-electron chi connectivity index (χ2n) is 8.46. The minimum Gasteiger partial charge on any atom is -0.378 e. The first-order valence-corrected chi connectivity index (χ1v) is 12.0. The zero-order valence-electron chi connectivity index (χ0n) is 19.7. The number of carbonyl (C=O) groups is 1. The lowest BCUT2D eigenvalue weighted by atomic mass is 10.1. The van der Waals surface area contributed by atoms with Crippen molar-refractivity contribution in [2.45, 2.75) is 13.1 Å². The standard InChI is InChI=1S/C26H23ClFN7O2/c27-21-12-19(1-3-22(21)28)33-26-17(13-29)14-32-23-4-2-18(11-20(23)26)31-15-24-30-5-6-35(24)16-25(36)34-7-9-37-10-8-34/h1-6,11-12,14,31H,7-10,15-16H2,(H,32,33). The number of morpholine rings is 1. The van der Waals surface area contributed by atoms with Gasteiger partial charge >= 0.3 is 0 Å². The summed E-state index contributed by atoms with van der Waals surface area (Å²) in [4.78, 5) is 23.2. The number of aromatic nitrogens is 3. The molecule has 2 aromatic carbocycles. The molecule has 1 aliphatic heterocycles. The summed E-state index contributed by atoms with van der Waals surface area (Å²) in [6.07, 6.45) is 4.95. The highest BCUT2D eigenvalue weighted by atomic mass is 35.5. The van der Waals surface area contributed by atoms with Crippen LogP contribution in [0.15, 0.2) is 55.0 Å². The van der Waals surface area contributed by atoms with E-state index in [1.807, 2.05) is 22.8 Å². The molecule has 0 atom stereocenters. The van der Waals surface area contributed by atoms with Crippen LogP contribution in [0.2, 0.25) is 5.02 Å². The van der Waals surface area contributed by atoms with Gasteiger partial charge < -0.3 is 24.8 Å². The molecule has 11 heteroatoms. The van der Waals surface area contributed by atoms with Crippen LogP contribution in [0.3, 0.4) is 0 Å². The van der Waals surface area contributed by atoms with Crippen molar-refractivity contribution in [3.8, 4) is 6.07 Å². The summed E-state index contributed by atoms with van der Waals surface area (Å²) in [5, 5.41) is 16.9. The van der Waals surface area contributed by atoms with Gasteiger partial charge in [0.25, 0.3) is 0 Å². The molecular formula is C26H23ClFN7O2. The summed E-state index contributed by atoms with van der Waals surface area (Å²) in [5.41, 5.74) is 2.87. The Kier molecular flexibility index (Phi) is 7.16. The van der Waals surface area contributed by atoms with Gasteiger partial charge in [0.2, 0.25) is 5.91 Å². The number of rotatable bonds is 7. The number of hydrogen-bond donors (Lipinski definition) is 2. The number of hydrogen-bond acceptors (Lipinski definition) is 7. The Morgan fingerprint density at radius 3 is 2.76 bits per heavy atom. The molecule has 0 bridgehead atoms. The largest absolute Gasteiger partial charge is 0.378 e. The van der Waals surface area contributed by atoms with Crippen LogP contribution >= 0.6 is 11.6 Å². The Balaban J connectivity index is 1.36. The molecule has 2 aromatic heterocycles. The zero-order chi connectivity index (χ0) is 25.8. The molecule has 5 rings (SSSR count). The molecule has 3 heterocycles. The monoisotopic (exact) mass is 519 g/mol. The predicted octanol–water partition coefficient (Wildman–Crippen LogP) is 4.31. The Labute approximate surface area is 217 Å². The summed E-state index contributed by atoms with van der Waals surface area (Å²) < 4.78 is 20.8. The van der Waals surface area contributed by atoms with Crippen molar-refractivity contribution in [1.29, 1.82) is 5.26 Å². The van der Waals surface area contributed by atoms with Crippen molar-refractivity contribution in [3.05, 3.63) is 77.2 Å². The van der Waals surface area contributed by atoms with Crippen LogP contribution in [-0.2, 0) is 22.6 Å². The predicted molar refractivity (Wildman–Crippen MR) is 138 cm³/mol. The molecule has 1 amide bonds. The Bertz CT molecular complexity index is 1490. The molecule has 2 N–H and O–H groups in total. The van der Waals surface area contributed by atoms with E-state index in [1.54, 1.807) is 23.4 Å². The minimum atomic E-state index is -0.524. The molecule has 0 radical (unpaired) electrons. The number of ether oxygens (including phenoxy) is 1. The van der Waals surface area contributed by atoms with Gasteiger partial charge in [0.1, 0.15) is 24.3 Å². The third-order valence-corrected chi connectivity index (χ3v) is 6.39. The van der Waals surface area contributed by atoms with Crippen LogP contribution in [0.4, 0.5) is 21.5 Å². The average Bonchev–Trinajstić information content (AvgIpc) is 3.37. The molecule has 0 unspecified atom stereocenters. The Morgan fingerprint density at radius 2 is 1.97 bits per heavy atom. The minimum absolute atomic E-state index is 0.0215. The number of pyridine rings is 1. The molecule has 1 saturated heterocycles. The van der Waals surface area contributed by atoms with E-state index in [-0.39, 0.29) is 17.5 Å². The van der Waals surface area contributed by atoms with E-state index in [4.69, 9.17) is 16.3 Å². The Hall–Kier alpha value is -4.20. The summed E-state index contributed by atoms with van der Waals surface area (Å²) in [6.45, 7) is 2.89. The van der Waals surface area contributed by atoms with Crippen molar-refractivity contribution in [1.82, 2.24) is 19.4 Å². The van der Waals surface area contributed by atoms with Crippen LogP contribution in [0.1, 0.15) is 11.4 Å². The van der Waals surface area contributed by atoms with Crippen LogP contribution < -0.4 is 10.6 Å². The molecule has 0 spiro atoms. The molecule has 0 saturated carbocycles. The van der Waals surface area contributed by atoms with Crippen molar-refractivity contribution in [3.63, 3.8) is 0 Å². The van der Waals surface area contributed by atoms with Crippen LogP contribution in [0.5, 0.6) is 0 Å². The quantitative estimate of drug-likeness (QED) is 0.374. The number of amides is 1. The molecule has 1 fully saturated rings. The van der Waals surface area contributed by atoms with E-state index in [2.05, 4.69) is 26.7 Å². The molecule has 4 aromatic rings. The molecule has 0 aliphatic carbocycles. The van der Waals surface area contributed by atoms with Gasteiger partial charge in [0, 0.05) is 48.4 Å². The smallest absolute Gasteiger partial charge is 0.242 e. The fourth-order valence-electron chi connectivity index (χ4n) is 4.13. The van der Waals surface area contributed by atoms with Crippen molar-refractivity contribution in [2.24, 2.45) is 0 Å². The van der Waals surface area contributed by atoms with Gasteiger partial charge in [0.15, 0.2) is 0 Å². The van der Waals surface area contributed by atoms with E-state index in [1.165, 1.54) is 18.3 Å². The molecule has 188 valence electrons. The summed E-state index contributed by atoms with van der Waals surface area (Å²) >= 11 is 5.94. The lowest BCUT2D eigenvalue weighted by Gasteiger charge is -2.27. The van der Waals surface area contributed by atoms with Crippen molar-refractivity contribution in [2.75, 3.05) is 36.9 Å². The number of imidazole rings is 1. The maximum absolute atomic E-state index is 13.6. The number of nitrogens with one attached hydrogen (secondary N) is 2. The fraction of sp³-hybridized carbons (Fsp3) is 0.231. The van der Waals surface area contributed by atoms with Crippen molar-refractivity contribution >= 4 is 45.5 Å². The van der Waals surface area contributed by atoms with Gasteiger partial charge in [-0.2, -0.15) is 5.26 Å². The number of anilines is 3.